The van der Waals surface area contributed by atoms with Gasteiger partial charge in [-0.15, -0.1) is 0 Å². The number of H-pyrrole nitrogens is 1. The first-order valence-corrected chi connectivity index (χ1v) is 9.04. The summed E-state index contributed by atoms with van der Waals surface area (Å²) in [6.45, 7) is 5.45. The summed E-state index contributed by atoms with van der Waals surface area (Å²) in [7, 11) is 0. The molecule has 0 bridgehead atoms. The summed E-state index contributed by atoms with van der Waals surface area (Å²) in [5, 5.41) is 3.07. The zero-order chi connectivity index (χ0) is 17.9. The molecule has 0 spiro atoms. The highest BCUT2D eigenvalue weighted by Gasteiger charge is 2.24. The molecule has 1 amide bonds. The van der Waals surface area contributed by atoms with Crippen LogP contribution in [0.1, 0.15) is 28.2 Å². The number of aryl methyl sites for hydroxylation is 1. The van der Waals surface area contributed by atoms with E-state index in [1.165, 1.54) is 0 Å². The third kappa shape index (κ3) is 3.60. The Hall–Kier alpha value is -2.73. The number of nitrogens with zero attached hydrogens (tertiary/aromatic N) is 3. The Labute approximate surface area is 152 Å². The number of hydrogen-bond donors (Lipinski definition) is 2. The average molecular weight is 349 g/mol. The first-order valence-electron chi connectivity index (χ1n) is 9.04. The number of aromatic nitrogens is 3. The van der Waals surface area contributed by atoms with Crippen molar-refractivity contribution < 1.29 is 4.79 Å². The number of imidazole rings is 1. The lowest BCUT2D eigenvalue weighted by Crippen LogP contribution is -2.31. The van der Waals surface area contributed by atoms with E-state index in [1.54, 1.807) is 18.5 Å². The van der Waals surface area contributed by atoms with Gasteiger partial charge in [-0.05, 0) is 49.6 Å². The maximum atomic E-state index is 12.3. The number of nitrogens with one attached hydrogen (secondary N) is 2. The van der Waals surface area contributed by atoms with E-state index in [2.05, 4.69) is 31.2 Å². The Balaban J connectivity index is 1.30. The smallest absolute Gasteiger partial charge is 0.251 e. The second-order valence-electron chi connectivity index (χ2n) is 6.99. The lowest BCUT2D eigenvalue weighted by molar-refractivity contribution is 0.0946. The van der Waals surface area contributed by atoms with Gasteiger partial charge in [0.05, 0.1) is 17.6 Å². The number of hydrogen-bond acceptors (Lipinski definition) is 4. The number of rotatable bonds is 5. The van der Waals surface area contributed by atoms with Gasteiger partial charge in [0.2, 0.25) is 0 Å². The molecule has 1 aliphatic rings. The van der Waals surface area contributed by atoms with Crippen molar-refractivity contribution in [2.75, 3.05) is 19.6 Å². The van der Waals surface area contributed by atoms with Crippen LogP contribution in [0, 0.1) is 12.8 Å². The largest absolute Gasteiger partial charge is 0.352 e. The van der Waals surface area contributed by atoms with Crippen molar-refractivity contribution in [2.24, 2.45) is 5.92 Å². The van der Waals surface area contributed by atoms with Gasteiger partial charge in [0, 0.05) is 31.0 Å². The van der Waals surface area contributed by atoms with E-state index in [0.717, 1.165) is 48.5 Å². The van der Waals surface area contributed by atoms with Crippen LogP contribution in [-0.4, -0.2) is 45.4 Å². The Morgan fingerprint density at radius 2 is 2.23 bits per heavy atom. The number of amides is 1. The normalized spacial score (nSPS) is 17.7. The lowest BCUT2D eigenvalue weighted by atomic mass is 10.1. The van der Waals surface area contributed by atoms with Crippen molar-refractivity contribution in [3.63, 3.8) is 0 Å². The first-order chi connectivity index (χ1) is 12.7. The molecule has 1 atom stereocenters. The Morgan fingerprint density at radius 1 is 1.35 bits per heavy atom. The summed E-state index contributed by atoms with van der Waals surface area (Å²) in [6.07, 6.45) is 4.47. The van der Waals surface area contributed by atoms with Crippen LogP contribution in [0.2, 0.25) is 0 Å². The van der Waals surface area contributed by atoms with E-state index in [1.807, 2.05) is 25.1 Å². The summed E-state index contributed by atoms with van der Waals surface area (Å²) in [4.78, 5) is 26.8. The van der Waals surface area contributed by atoms with Crippen LogP contribution in [0.5, 0.6) is 0 Å². The molecule has 3 aromatic rings. The topological polar surface area (TPSA) is 73.9 Å². The van der Waals surface area contributed by atoms with Gasteiger partial charge in [0.15, 0.2) is 0 Å². The van der Waals surface area contributed by atoms with Crippen molar-refractivity contribution >= 4 is 16.9 Å². The molecule has 0 radical (unpaired) electrons. The molecular weight excluding hydrogens is 326 g/mol. The first kappa shape index (κ1) is 16.7. The molecule has 0 aliphatic carbocycles. The highest BCUT2D eigenvalue weighted by atomic mass is 16.1. The molecule has 4 rings (SSSR count). The third-order valence-electron chi connectivity index (χ3n) is 5.00. The molecular formula is C20H23N5O. The van der Waals surface area contributed by atoms with Crippen LogP contribution >= 0.6 is 0 Å². The number of likely N-dealkylation sites (tertiary alicyclic amines) is 1. The lowest BCUT2D eigenvalue weighted by Gasteiger charge is -2.15. The van der Waals surface area contributed by atoms with Gasteiger partial charge in [0.25, 0.3) is 5.91 Å². The van der Waals surface area contributed by atoms with E-state index in [-0.39, 0.29) is 5.91 Å². The number of para-hydroxylation sites is 2. The molecule has 0 saturated carbocycles. The van der Waals surface area contributed by atoms with Gasteiger partial charge in [-0.2, -0.15) is 0 Å². The number of aromatic amines is 1. The number of carbonyl (C=O) groups excluding carboxylic acids is 1. The fraction of sp³-hybridized carbons (Fsp3) is 0.350. The van der Waals surface area contributed by atoms with Gasteiger partial charge < -0.3 is 10.3 Å². The summed E-state index contributed by atoms with van der Waals surface area (Å²) in [6, 6.07) is 9.87. The molecule has 1 aliphatic heterocycles. The minimum atomic E-state index is -0.0133. The van der Waals surface area contributed by atoms with Crippen LogP contribution in [0.25, 0.3) is 11.0 Å². The van der Waals surface area contributed by atoms with E-state index < -0.39 is 0 Å². The third-order valence-corrected chi connectivity index (χ3v) is 5.00. The summed E-state index contributed by atoms with van der Waals surface area (Å²) in [5.41, 5.74) is 3.71. The molecule has 134 valence electrons. The number of carbonyl (C=O) groups is 1. The van der Waals surface area contributed by atoms with Gasteiger partial charge in [-0.1, -0.05) is 12.1 Å². The van der Waals surface area contributed by atoms with Crippen molar-refractivity contribution in [1.29, 1.82) is 0 Å². The Kier molecular flexibility index (Phi) is 4.67. The molecule has 6 nitrogen and oxygen atoms in total. The van der Waals surface area contributed by atoms with Crippen LogP contribution in [0.15, 0.2) is 42.7 Å². The minimum Gasteiger partial charge on any atom is -0.352 e. The zero-order valence-corrected chi connectivity index (χ0v) is 14.9. The van der Waals surface area contributed by atoms with Gasteiger partial charge in [-0.25, -0.2) is 4.98 Å². The highest BCUT2D eigenvalue weighted by Crippen LogP contribution is 2.19. The average Bonchev–Trinajstić information content (AvgIpc) is 3.26. The molecule has 26 heavy (non-hydrogen) atoms. The molecule has 2 N–H and O–H groups in total. The summed E-state index contributed by atoms with van der Waals surface area (Å²) >= 11 is 0. The Bertz CT molecular complexity index is 886. The molecule has 6 heteroatoms. The van der Waals surface area contributed by atoms with Crippen LogP contribution in [-0.2, 0) is 6.54 Å². The van der Waals surface area contributed by atoms with E-state index in [9.17, 15) is 4.79 Å². The van der Waals surface area contributed by atoms with E-state index in [0.29, 0.717) is 18.0 Å². The fourth-order valence-electron chi connectivity index (χ4n) is 3.58. The van der Waals surface area contributed by atoms with Crippen molar-refractivity contribution in [2.45, 2.75) is 19.9 Å². The SMILES string of the molecule is Cc1cnccc1C(=O)NCC1CCN(Cc2nc3ccccc3[nH]2)C1. The van der Waals surface area contributed by atoms with Crippen LogP contribution in [0.3, 0.4) is 0 Å². The quantitative estimate of drug-likeness (QED) is 0.742. The van der Waals surface area contributed by atoms with Crippen molar-refractivity contribution in [1.82, 2.24) is 25.2 Å². The highest BCUT2D eigenvalue weighted by molar-refractivity contribution is 5.95. The van der Waals surface area contributed by atoms with E-state index >= 15 is 0 Å². The second kappa shape index (κ2) is 7.25. The molecule has 2 aromatic heterocycles. The monoisotopic (exact) mass is 349 g/mol. The van der Waals surface area contributed by atoms with Gasteiger partial charge >= 0.3 is 0 Å². The van der Waals surface area contributed by atoms with Crippen LogP contribution in [0.4, 0.5) is 0 Å². The number of benzene rings is 1. The molecule has 1 fully saturated rings. The molecule has 1 unspecified atom stereocenters. The number of fused-ring (bicyclic) bond motifs is 1. The number of pyridine rings is 1. The molecule has 1 saturated heterocycles. The van der Waals surface area contributed by atoms with Crippen LogP contribution < -0.4 is 5.32 Å². The van der Waals surface area contributed by atoms with Crippen molar-refractivity contribution in [3.05, 3.63) is 59.7 Å². The fourth-order valence-corrected chi connectivity index (χ4v) is 3.58. The minimum absolute atomic E-state index is 0.0133. The standard InChI is InChI=1S/C20H23N5O/c1-14-10-21-8-6-16(14)20(26)22-11-15-7-9-25(12-15)13-19-23-17-4-2-3-5-18(17)24-19/h2-6,8,10,15H,7,9,11-13H2,1H3,(H,22,26)(H,23,24). The maximum Gasteiger partial charge on any atom is 0.251 e. The predicted octanol–water partition coefficient (Wildman–Crippen LogP) is 2.52. The van der Waals surface area contributed by atoms with E-state index in [4.69, 9.17) is 0 Å². The van der Waals surface area contributed by atoms with Gasteiger partial charge in [-0.3, -0.25) is 14.7 Å². The predicted molar refractivity (Wildman–Crippen MR) is 101 cm³/mol. The summed E-state index contributed by atoms with van der Waals surface area (Å²) in [5.74, 6) is 1.47. The summed E-state index contributed by atoms with van der Waals surface area (Å²) < 4.78 is 0. The zero-order valence-electron chi connectivity index (χ0n) is 14.9. The molecule has 3 heterocycles. The second-order valence-corrected chi connectivity index (χ2v) is 6.99. The van der Waals surface area contributed by atoms with Crippen molar-refractivity contribution in [3.8, 4) is 0 Å². The van der Waals surface area contributed by atoms with Gasteiger partial charge in [0.1, 0.15) is 5.82 Å². The maximum absolute atomic E-state index is 12.3. The Morgan fingerprint density at radius 3 is 3.08 bits per heavy atom. The molecule has 1 aromatic carbocycles.